The maximum atomic E-state index is 10.8. The molecule has 6 aromatic rings. The summed E-state index contributed by atoms with van der Waals surface area (Å²) in [4.78, 5) is 13.0. The molecule has 5 heteroatoms. The maximum Gasteiger partial charge on any atom is 0.0957 e. The third-order valence-electron chi connectivity index (χ3n) is 9.59. The van der Waals surface area contributed by atoms with Crippen molar-refractivity contribution in [3.63, 3.8) is 0 Å². The van der Waals surface area contributed by atoms with Crippen molar-refractivity contribution < 1.29 is 10.6 Å². The molecule has 250 valence electrons. The van der Waals surface area contributed by atoms with Gasteiger partial charge in [0.2, 0.25) is 0 Å². The van der Waals surface area contributed by atoms with E-state index in [4.69, 9.17) is 0 Å². The molecule has 3 aliphatic rings. The lowest BCUT2D eigenvalue weighted by atomic mass is 9.91. The fraction of sp³-hybridized carbons (Fsp3) is 0.178. The van der Waals surface area contributed by atoms with Crippen molar-refractivity contribution in [1.82, 2.24) is 15.0 Å². The first-order valence-electron chi connectivity index (χ1n) is 17.2. The van der Waals surface area contributed by atoms with E-state index < -0.39 is 5.60 Å². The largest absolute Gasteiger partial charge is 0.457 e. The summed E-state index contributed by atoms with van der Waals surface area (Å²) in [7, 11) is 0. The second-order valence-electron chi connectivity index (χ2n) is 12.9. The van der Waals surface area contributed by atoms with Crippen molar-refractivity contribution in [3.8, 4) is 0 Å². The molecule has 0 spiro atoms. The Morgan fingerprint density at radius 2 is 1.20 bits per heavy atom. The summed E-state index contributed by atoms with van der Waals surface area (Å²) in [6.07, 6.45) is 16.7. The fourth-order valence-corrected chi connectivity index (χ4v) is 7.12. The van der Waals surface area contributed by atoms with Gasteiger partial charge in [0.05, 0.1) is 11.3 Å². The molecular weight excluding hydrogens is 615 g/mol. The molecule has 0 amide bonds. The molecule has 0 saturated heterocycles. The Bertz CT molecular complexity index is 2060. The van der Waals surface area contributed by atoms with Crippen molar-refractivity contribution in [2.24, 2.45) is 0 Å². The monoisotopic (exact) mass is 658 g/mol. The van der Waals surface area contributed by atoms with Crippen LogP contribution in [0.4, 0.5) is 0 Å². The second kappa shape index (κ2) is 16.3. The summed E-state index contributed by atoms with van der Waals surface area (Å²) >= 11 is 0. The van der Waals surface area contributed by atoms with Crippen LogP contribution in [0.2, 0.25) is 0 Å². The summed E-state index contributed by atoms with van der Waals surface area (Å²) in [5.74, 6) is 0. The normalized spacial score (nSPS) is 17.1. The number of allylic oxidation sites excluding steroid dienone is 3. The van der Waals surface area contributed by atoms with Crippen LogP contribution in [0, 0.1) is 0 Å². The van der Waals surface area contributed by atoms with E-state index in [-0.39, 0.29) is 5.48 Å². The van der Waals surface area contributed by atoms with Gasteiger partial charge in [0.1, 0.15) is 0 Å². The van der Waals surface area contributed by atoms with Gasteiger partial charge in [0.25, 0.3) is 0 Å². The number of pyridine rings is 3. The minimum atomic E-state index is -0.731. The summed E-state index contributed by atoms with van der Waals surface area (Å²) < 4.78 is 0. The highest BCUT2D eigenvalue weighted by Crippen LogP contribution is 2.39. The smallest absolute Gasteiger partial charge is 0.0957 e. The van der Waals surface area contributed by atoms with E-state index >= 15 is 0 Å². The van der Waals surface area contributed by atoms with Crippen LogP contribution in [-0.2, 0) is 43.2 Å². The first kappa shape index (κ1) is 34.4. The zero-order valence-electron chi connectivity index (χ0n) is 28.3. The standard InChI is InChI=1S/C15H15NO.2C15H13N.H2O/c17-15(11-13-6-3-4-10-16-13)9-8-12-5-1-2-7-14(12)15;2*1-2-7-15-12(5-1)8-9-13(15)11-14-6-3-4-10-16-14;/h1-7,10,17H,8-9,11H2;1-7,10-11H,8-9H2;1-7,9-10H,8,11H2;1H2/p+1/b;13-11-;;. The highest BCUT2D eigenvalue weighted by molar-refractivity contribution is 5.84. The van der Waals surface area contributed by atoms with Gasteiger partial charge in [-0.2, -0.15) is 0 Å². The molecule has 0 saturated carbocycles. The lowest BCUT2D eigenvalue weighted by Gasteiger charge is -2.23. The molecule has 9 rings (SSSR count). The van der Waals surface area contributed by atoms with Crippen molar-refractivity contribution >= 4 is 17.2 Å². The molecule has 0 aliphatic heterocycles. The molecule has 1 atom stereocenters. The molecule has 3 aliphatic carbocycles. The van der Waals surface area contributed by atoms with Crippen molar-refractivity contribution in [2.75, 3.05) is 0 Å². The number of benzene rings is 3. The van der Waals surface area contributed by atoms with Gasteiger partial charge in [-0.1, -0.05) is 97.1 Å². The molecular formula is C45H44N3O2+. The highest BCUT2D eigenvalue weighted by Gasteiger charge is 2.36. The summed E-state index contributed by atoms with van der Waals surface area (Å²) in [6, 6.07) is 43.4. The molecule has 3 aromatic carbocycles. The van der Waals surface area contributed by atoms with Crippen LogP contribution < -0.4 is 0 Å². The predicted octanol–water partition coefficient (Wildman–Crippen LogP) is 8.37. The number of rotatable bonds is 5. The zero-order chi connectivity index (χ0) is 33.3. The van der Waals surface area contributed by atoms with E-state index in [1.807, 2.05) is 79.1 Å². The number of aromatic nitrogens is 3. The first-order valence-corrected chi connectivity index (χ1v) is 17.2. The van der Waals surface area contributed by atoms with E-state index in [1.165, 1.54) is 39.0 Å². The summed E-state index contributed by atoms with van der Waals surface area (Å²) in [5, 5.41) is 10.8. The molecule has 3 aromatic heterocycles. The van der Waals surface area contributed by atoms with Gasteiger partial charge < -0.3 is 10.6 Å². The zero-order valence-corrected chi connectivity index (χ0v) is 28.3. The van der Waals surface area contributed by atoms with Crippen LogP contribution in [0.1, 0.15) is 63.3 Å². The number of fused-ring (bicyclic) bond motifs is 3. The number of aliphatic hydroxyl groups is 1. The van der Waals surface area contributed by atoms with Crippen LogP contribution in [0.3, 0.4) is 0 Å². The Morgan fingerprint density at radius 1 is 0.580 bits per heavy atom. The van der Waals surface area contributed by atoms with Gasteiger partial charge in [-0.3, -0.25) is 15.0 Å². The Labute approximate surface area is 295 Å². The third kappa shape index (κ3) is 8.20. The average Bonchev–Trinajstić information content (AvgIpc) is 3.86. The Balaban J connectivity index is 0.000000128. The van der Waals surface area contributed by atoms with Crippen molar-refractivity contribution in [3.05, 3.63) is 203 Å². The Kier molecular flexibility index (Phi) is 11.2. The number of hydrogen-bond acceptors (Lipinski definition) is 4. The van der Waals surface area contributed by atoms with Crippen LogP contribution in [-0.4, -0.2) is 20.1 Å². The van der Waals surface area contributed by atoms with Gasteiger partial charge in [0.15, 0.2) is 0 Å². The van der Waals surface area contributed by atoms with Gasteiger partial charge >= 0.3 is 0 Å². The minimum Gasteiger partial charge on any atom is -0.457 e. The third-order valence-corrected chi connectivity index (χ3v) is 9.59. The fourth-order valence-electron chi connectivity index (χ4n) is 7.12. The predicted molar refractivity (Wildman–Crippen MR) is 204 cm³/mol. The van der Waals surface area contributed by atoms with Crippen LogP contribution in [0.15, 0.2) is 152 Å². The van der Waals surface area contributed by atoms with Crippen LogP contribution >= 0.6 is 0 Å². The van der Waals surface area contributed by atoms with Gasteiger partial charge in [0, 0.05) is 42.8 Å². The first-order chi connectivity index (χ1) is 24.1. The molecule has 0 fully saturated rings. The van der Waals surface area contributed by atoms with E-state index in [1.54, 1.807) is 6.20 Å². The molecule has 4 N–H and O–H groups in total. The minimum absolute atomic E-state index is 0. The van der Waals surface area contributed by atoms with E-state index in [9.17, 15) is 5.11 Å². The van der Waals surface area contributed by atoms with E-state index in [0.29, 0.717) is 6.42 Å². The summed E-state index contributed by atoms with van der Waals surface area (Å²) in [6.45, 7) is 0. The molecule has 0 radical (unpaired) electrons. The molecule has 3 heterocycles. The SMILES string of the molecule is C(=C1\CCc2ccccc21)/c1ccccn1.C1=C(Cc2ccccn2)c2ccccc2C1.OC1(Cc2ccccn2)CCc2ccccc21.[OH3+]. The molecule has 1 unspecified atom stereocenters. The maximum absolute atomic E-state index is 10.8. The second-order valence-corrected chi connectivity index (χ2v) is 12.9. The topological polar surface area (TPSA) is 91.9 Å². The lowest BCUT2D eigenvalue weighted by molar-refractivity contribution is 0.0380. The van der Waals surface area contributed by atoms with Gasteiger partial charge in [-0.15, -0.1) is 0 Å². The average molecular weight is 659 g/mol. The van der Waals surface area contributed by atoms with E-state index in [2.05, 4.69) is 87.8 Å². The van der Waals surface area contributed by atoms with Crippen LogP contribution in [0.5, 0.6) is 0 Å². The highest BCUT2D eigenvalue weighted by atomic mass is 16.3. The number of aryl methyl sites for hydroxylation is 2. The summed E-state index contributed by atoms with van der Waals surface area (Å²) in [5.41, 5.74) is 13.3. The van der Waals surface area contributed by atoms with Crippen LogP contribution in [0.25, 0.3) is 17.2 Å². The van der Waals surface area contributed by atoms with Crippen molar-refractivity contribution in [2.45, 2.75) is 50.5 Å². The molecule has 5 nitrogen and oxygen atoms in total. The number of nitrogens with zero attached hydrogens (tertiary/aromatic N) is 3. The quantitative estimate of drug-likeness (QED) is 0.189. The number of hydrogen-bond donors (Lipinski definition) is 1. The van der Waals surface area contributed by atoms with Crippen molar-refractivity contribution in [1.29, 1.82) is 0 Å². The molecule has 0 bridgehead atoms. The lowest BCUT2D eigenvalue weighted by Crippen LogP contribution is -2.25. The van der Waals surface area contributed by atoms with Gasteiger partial charge in [-0.25, -0.2) is 0 Å². The Hall–Kier alpha value is -5.49. The molecule has 50 heavy (non-hydrogen) atoms. The van der Waals surface area contributed by atoms with E-state index in [0.717, 1.165) is 61.2 Å². The van der Waals surface area contributed by atoms with Gasteiger partial charge in [-0.05, 0) is 119 Å². The Morgan fingerprint density at radius 3 is 1.92 bits per heavy atom.